The molecule has 1 aliphatic heterocycles. The first-order chi connectivity index (χ1) is 15.2. The number of ether oxygens (including phenoxy) is 1. The lowest BCUT2D eigenvalue weighted by molar-refractivity contribution is -0.126. The van der Waals surface area contributed by atoms with Gasteiger partial charge in [0.2, 0.25) is 11.8 Å². The number of benzene rings is 1. The Bertz CT molecular complexity index is 1300. The van der Waals surface area contributed by atoms with E-state index in [2.05, 4.69) is 52.6 Å². The minimum absolute atomic E-state index is 0.0499. The quantitative estimate of drug-likeness (QED) is 0.448. The van der Waals surface area contributed by atoms with Gasteiger partial charge in [-0.2, -0.15) is 5.10 Å². The third-order valence-corrected chi connectivity index (χ3v) is 5.91. The standard InChI is InChI=1S/C21H18BrN7O2/c1-2-17(30)28-7-9-29(10-8-28)20-13-5-6-23-21(18(13)24-12-25-20)31-19-14-11-26-27-16(14)4-3-15(19)22/h2-6,11-12H,1,7-10H2,(H,26,27). The molecule has 10 heteroatoms. The van der Waals surface area contributed by atoms with Gasteiger partial charge in [-0.3, -0.25) is 9.89 Å². The summed E-state index contributed by atoms with van der Waals surface area (Å²) >= 11 is 3.55. The van der Waals surface area contributed by atoms with Crippen molar-refractivity contribution in [1.82, 2.24) is 30.0 Å². The molecular formula is C21H18BrN7O2. The first-order valence-corrected chi connectivity index (χ1v) is 10.5. The maximum atomic E-state index is 11.9. The summed E-state index contributed by atoms with van der Waals surface area (Å²) in [4.78, 5) is 29.2. The Hall–Kier alpha value is -3.53. The second-order valence-corrected chi connectivity index (χ2v) is 7.89. The van der Waals surface area contributed by atoms with Crippen LogP contribution >= 0.6 is 15.9 Å². The smallest absolute Gasteiger partial charge is 0.246 e. The molecule has 1 N–H and O–H groups in total. The predicted molar refractivity (Wildman–Crippen MR) is 120 cm³/mol. The zero-order valence-electron chi connectivity index (χ0n) is 16.5. The second kappa shape index (κ2) is 7.95. The van der Waals surface area contributed by atoms with E-state index < -0.39 is 0 Å². The molecule has 5 rings (SSSR count). The number of rotatable bonds is 4. The monoisotopic (exact) mass is 479 g/mol. The van der Waals surface area contributed by atoms with Gasteiger partial charge in [-0.05, 0) is 40.2 Å². The zero-order chi connectivity index (χ0) is 21.4. The Morgan fingerprint density at radius 1 is 1.13 bits per heavy atom. The number of nitrogens with one attached hydrogen (secondary N) is 1. The number of pyridine rings is 1. The number of carbonyl (C=O) groups is 1. The van der Waals surface area contributed by atoms with Crippen molar-refractivity contribution >= 4 is 49.5 Å². The molecule has 0 atom stereocenters. The first kappa shape index (κ1) is 19.4. The maximum absolute atomic E-state index is 11.9. The summed E-state index contributed by atoms with van der Waals surface area (Å²) in [7, 11) is 0. The number of halogens is 1. The lowest BCUT2D eigenvalue weighted by atomic mass is 10.2. The van der Waals surface area contributed by atoms with Crippen LogP contribution in [0, 0.1) is 0 Å². The fourth-order valence-corrected chi connectivity index (χ4v) is 4.14. The maximum Gasteiger partial charge on any atom is 0.246 e. The van der Waals surface area contributed by atoms with E-state index >= 15 is 0 Å². The van der Waals surface area contributed by atoms with Crippen molar-refractivity contribution in [3.05, 3.63) is 54.0 Å². The number of aromatic amines is 1. The van der Waals surface area contributed by atoms with Gasteiger partial charge < -0.3 is 14.5 Å². The van der Waals surface area contributed by atoms with Crippen molar-refractivity contribution in [3.63, 3.8) is 0 Å². The summed E-state index contributed by atoms with van der Waals surface area (Å²) in [6, 6.07) is 5.70. The zero-order valence-corrected chi connectivity index (χ0v) is 18.0. The number of carbonyl (C=O) groups excluding carboxylic acids is 1. The molecule has 31 heavy (non-hydrogen) atoms. The number of hydrogen-bond acceptors (Lipinski definition) is 7. The van der Waals surface area contributed by atoms with Crippen LogP contribution in [-0.2, 0) is 4.79 Å². The predicted octanol–water partition coefficient (Wildman–Crippen LogP) is 3.29. The van der Waals surface area contributed by atoms with Crippen molar-refractivity contribution in [2.45, 2.75) is 0 Å². The van der Waals surface area contributed by atoms with E-state index in [-0.39, 0.29) is 5.91 Å². The summed E-state index contributed by atoms with van der Waals surface area (Å²) in [6.07, 6.45) is 6.26. The Balaban J connectivity index is 1.50. The van der Waals surface area contributed by atoms with E-state index in [0.29, 0.717) is 43.3 Å². The SMILES string of the molecule is C=CC(=O)N1CCN(c2ncnc3c(Oc4c(Br)ccc5[nH]ncc45)nccc23)CC1. The molecule has 1 amide bonds. The van der Waals surface area contributed by atoms with Crippen LogP contribution in [0.25, 0.3) is 21.8 Å². The Morgan fingerprint density at radius 2 is 1.97 bits per heavy atom. The molecule has 156 valence electrons. The van der Waals surface area contributed by atoms with Crippen LogP contribution in [0.5, 0.6) is 11.6 Å². The van der Waals surface area contributed by atoms with Crippen molar-refractivity contribution < 1.29 is 9.53 Å². The number of piperazine rings is 1. The van der Waals surface area contributed by atoms with Crippen molar-refractivity contribution in [2.75, 3.05) is 31.1 Å². The van der Waals surface area contributed by atoms with Gasteiger partial charge in [0.1, 0.15) is 17.7 Å². The highest BCUT2D eigenvalue weighted by molar-refractivity contribution is 9.10. The normalized spacial score (nSPS) is 14.2. The Morgan fingerprint density at radius 3 is 2.77 bits per heavy atom. The molecule has 1 aliphatic rings. The number of H-pyrrole nitrogens is 1. The molecule has 1 fully saturated rings. The highest BCUT2D eigenvalue weighted by Crippen LogP contribution is 2.38. The fraction of sp³-hybridized carbons (Fsp3) is 0.190. The van der Waals surface area contributed by atoms with E-state index in [1.54, 1.807) is 17.3 Å². The summed E-state index contributed by atoms with van der Waals surface area (Å²) in [6.45, 7) is 6.13. The molecule has 0 radical (unpaired) electrons. The number of anilines is 1. The lowest BCUT2D eigenvalue weighted by Crippen LogP contribution is -2.48. The van der Waals surface area contributed by atoms with E-state index in [1.165, 1.54) is 12.4 Å². The first-order valence-electron chi connectivity index (χ1n) is 9.71. The largest absolute Gasteiger partial charge is 0.435 e. The Kier molecular flexibility index (Phi) is 4.99. The van der Waals surface area contributed by atoms with Crippen LogP contribution in [-0.4, -0.2) is 62.1 Å². The van der Waals surface area contributed by atoms with Gasteiger partial charge >= 0.3 is 0 Å². The minimum Gasteiger partial charge on any atom is -0.435 e. The van der Waals surface area contributed by atoms with E-state index in [0.717, 1.165) is 26.6 Å². The molecule has 1 saturated heterocycles. The van der Waals surface area contributed by atoms with Crippen LogP contribution in [0.4, 0.5) is 5.82 Å². The van der Waals surface area contributed by atoms with E-state index in [9.17, 15) is 4.79 Å². The van der Waals surface area contributed by atoms with Crippen LogP contribution in [0.2, 0.25) is 0 Å². The number of hydrogen-bond donors (Lipinski definition) is 1. The molecule has 3 aromatic heterocycles. The van der Waals surface area contributed by atoms with Gasteiger partial charge in [0.25, 0.3) is 0 Å². The highest BCUT2D eigenvalue weighted by Gasteiger charge is 2.23. The Labute approximate surface area is 185 Å². The summed E-state index contributed by atoms with van der Waals surface area (Å²) in [5.41, 5.74) is 1.48. The molecule has 0 unspecified atom stereocenters. The molecule has 1 aromatic carbocycles. The van der Waals surface area contributed by atoms with E-state index in [4.69, 9.17) is 4.74 Å². The average Bonchev–Trinajstić information content (AvgIpc) is 3.29. The van der Waals surface area contributed by atoms with Gasteiger partial charge in [-0.25, -0.2) is 15.0 Å². The highest BCUT2D eigenvalue weighted by atomic mass is 79.9. The van der Waals surface area contributed by atoms with Gasteiger partial charge in [0.15, 0.2) is 5.75 Å². The minimum atomic E-state index is -0.0499. The fourth-order valence-electron chi connectivity index (χ4n) is 3.71. The second-order valence-electron chi connectivity index (χ2n) is 7.04. The number of nitrogens with zero attached hydrogens (tertiary/aromatic N) is 6. The molecule has 0 aliphatic carbocycles. The third kappa shape index (κ3) is 3.48. The summed E-state index contributed by atoms with van der Waals surface area (Å²) in [5.74, 6) is 1.74. The summed E-state index contributed by atoms with van der Waals surface area (Å²) < 4.78 is 7.00. The van der Waals surface area contributed by atoms with Gasteiger partial charge in [0, 0.05) is 37.8 Å². The van der Waals surface area contributed by atoms with Gasteiger partial charge in [0.05, 0.1) is 21.6 Å². The topological polar surface area (TPSA) is 100 Å². The van der Waals surface area contributed by atoms with Crippen molar-refractivity contribution in [1.29, 1.82) is 0 Å². The number of aromatic nitrogens is 5. The lowest BCUT2D eigenvalue weighted by Gasteiger charge is -2.35. The number of amides is 1. The molecule has 4 aromatic rings. The average molecular weight is 480 g/mol. The molecule has 0 saturated carbocycles. The molecule has 4 heterocycles. The molecule has 0 spiro atoms. The van der Waals surface area contributed by atoms with Crippen LogP contribution in [0.1, 0.15) is 0 Å². The third-order valence-electron chi connectivity index (χ3n) is 5.29. The van der Waals surface area contributed by atoms with E-state index in [1.807, 2.05) is 18.2 Å². The van der Waals surface area contributed by atoms with Crippen LogP contribution < -0.4 is 9.64 Å². The van der Waals surface area contributed by atoms with Crippen LogP contribution in [0.3, 0.4) is 0 Å². The van der Waals surface area contributed by atoms with Crippen LogP contribution in [0.15, 0.2) is 54.0 Å². The van der Waals surface area contributed by atoms with Gasteiger partial charge in [-0.1, -0.05) is 6.58 Å². The van der Waals surface area contributed by atoms with Crippen molar-refractivity contribution in [3.8, 4) is 11.6 Å². The number of fused-ring (bicyclic) bond motifs is 2. The molecule has 0 bridgehead atoms. The molecule has 9 nitrogen and oxygen atoms in total. The molecular weight excluding hydrogens is 462 g/mol. The van der Waals surface area contributed by atoms with Crippen molar-refractivity contribution in [2.24, 2.45) is 0 Å². The van der Waals surface area contributed by atoms with Gasteiger partial charge in [-0.15, -0.1) is 0 Å². The summed E-state index contributed by atoms with van der Waals surface area (Å²) in [5, 5.41) is 8.71.